The number of fused-ring (bicyclic) bond motifs is 2. The first kappa shape index (κ1) is 13.9. The summed E-state index contributed by atoms with van der Waals surface area (Å²) < 4.78 is 23.3. The molecule has 108 valence electrons. The molecule has 0 saturated carbocycles. The lowest BCUT2D eigenvalue weighted by Crippen LogP contribution is -2.44. The zero-order chi connectivity index (χ0) is 14.2. The van der Waals surface area contributed by atoms with Crippen LogP contribution in [0.4, 0.5) is 0 Å². The highest BCUT2D eigenvalue weighted by atomic mass is 32.2. The smallest absolute Gasteiger partial charge is 0.232 e. The number of sulfone groups is 1. The first-order chi connectivity index (χ1) is 9.56. The van der Waals surface area contributed by atoms with E-state index in [4.69, 9.17) is 0 Å². The Bertz CT molecular complexity index is 600. The number of likely N-dealkylation sites (tertiary alicyclic amines) is 1. The summed E-state index contributed by atoms with van der Waals surface area (Å²) in [6, 6.07) is 9.96. The molecule has 1 aromatic rings. The molecule has 1 amide bonds. The topological polar surface area (TPSA) is 54.5 Å². The Labute approximate surface area is 123 Å². The molecule has 20 heavy (non-hydrogen) atoms. The van der Waals surface area contributed by atoms with E-state index in [9.17, 15) is 13.2 Å². The minimum Gasteiger partial charge on any atom is -0.337 e. The molecule has 6 heteroatoms. The van der Waals surface area contributed by atoms with E-state index in [0.29, 0.717) is 18.7 Å². The molecule has 2 bridgehead atoms. The van der Waals surface area contributed by atoms with Crippen molar-refractivity contribution in [3.8, 4) is 0 Å². The number of rotatable bonds is 4. The number of carbonyl (C=O) groups excluding carboxylic acids is 1. The minimum atomic E-state index is -2.92. The average molecular weight is 311 g/mol. The quantitative estimate of drug-likeness (QED) is 0.841. The molecule has 2 heterocycles. The van der Waals surface area contributed by atoms with Crippen molar-refractivity contribution in [1.29, 1.82) is 0 Å². The fraction of sp³-hybridized carbons (Fsp3) is 0.500. The van der Waals surface area contributed by atoms with Crippen LogP contribution < -0.4 is 0 Å². The van der Waals surface area contributed by atoms with E-state index in [-0.39, 0.29) is 23.0 Å². The molecule has 4 nitrogen and oxygen atoms in total. The highest BCUT2D eigenvalue weighted by molar-refractivity contribution is 7.99. The van der Waals surface area contributed by atoms with E-state index < -0.39 is 9.84 Å². The van der Waals surface area contributed by atoms with Crippen molar-refractivity contribution in [2.45, 2.75) is 23.5 Å². The normalized spacial score (nSPS) is 26.9. The van der Waals surface area contributed by atoms with E-state index in [2.05, 4.69) is 0 Å². The van der Waals surface area contributed by atoms with Crippen LogP contribution >= 0.6 is 11.8 Å². The Morgan fingerprint density at radius 1 is 1.30 bits per heavy atom. The Morgan fingerprint density at radius 3 is 2.65 bits per heavy atom. The maximum absolute atomic E-state index is 12.1. The lowest BCUT2D eigenvalue weighted by atomic mass is 10.2. The predicted molar refractivity (Wildman–Crippen MR) is 80.3 cm³/mol. The fourth-order valence-corrected chi connectivity index (χ4v) is 5.81. The summed E-state index contributed by atoms with van der Waals surface area (Å²) in [7, 11) is -2.92. The first-order valence-electron chi connectivity index (χ1n) is 6.69. The molecule has 2 fully saturated rings. The second-order valence-electron chi connectivity index (χ2n) is 5.37. The van der Waals surface area contributed by atoms with Crippen LogP contribution in [-0.2, 0) is 20.4 Å². The lowest BCUT2D eigenvalue weighted by molar-refractivity contribution is -0.128. The number of thioether (sulfide) groups is 1. The van der Waals surface area contributed by atoms with Gasteiger partial charge in [0.05, 0.1) is 16.8 Å². The molecule has 2 aliphatic rings. The van der Waals surface area contributed by atoms with E-state index in [1.165, 1.54) is 5.56 Å². The molecule has 2 unspecified atom stereocenters. The van der Waals surface area contributed by atoms with Crippen molar-refractivity contribution in [2.75, 3.05) is 18.1 Å². The van der Waals surface area contributed by atoms with Gasteiger partial charge in [0.2, 0.25) is 5.91 Å². The zero-order valence-corrected chi connectivity index (χ0v) is 12.7. The van der Waals surface area contributed by atoms with E-state index in [1.807, 2.05) is 30.3 Å². The van der Waals surface area contributed by atoms with Gasteiger partial charge >= 0.3 is 0 Å². The summed E-state index contributed by atoms with van der Waals surface area (Å²) >= 11 is 1.59. The third kappa shape index (κ3) is 2.72. The fourth-order valence-electron chi connectivity index (χ4n) is 2.91. The van der Waals surface area contributed by atoms with Crippen molar-refractivity contribution in [1.82, 2.24) is 4.90 Å². The number of carbonyl (C=O) groups is 1. The molecular formula is C14H17NO3S2. The van der Waals surface area contributed by atoms with Crippen molar-refractivity contribution in [2.24, 2.45) is 0 Å². The summed E-state index contributed by atoms with van der Waals surface area (Å²) in [6.45, 7) is 0.401. The van der Waals surface area contributed by atoms with Crippen molar-refractivity contribution in [3.63, 3.8) is 0 Å². The standard InChI is InChI=1S/C14H17NO3S2/c16-14(9-19-8-11-4-2-1-3-5-11)15-7-13-6-12(15)10-20(13,17)18/h1-5,12-13H,6-10H2. The van der Waals surface area contributed by atoms with Gasteiger partial charge in [0.25, 0.3) is 0 Å². The molecule has 2 saturated heterocycles. The summed E-state index contributed by atoms with van der Waals surface area (Å²) in [6.07, 6.45) is 0.636. The maximum atomic E-state index is 12.1. The van der Waals surface area contributed by atoms with E-state index in [1.54, 1.807) is 16.7 Å². The van der Waals surface area contributed by atoms with Crippen molar-refractivity contribution < 1.29 is 13.2 Å². The lowest BCUT2D eigenvalue weighted by Gasteiger charge is -2.26. The van der Waals surface area contributed by atoms with Gasteiger partial charge in [-0.2, -0.15) is 0 Å². The Balaban J connectivity index is 1.50. The largest absolute Gasteiger partial charge is 0.337 e. The Morgan fingerprint density at radius 2 is 2.05 bits per heavy atom. The van der Waals surface area contributed by atoms with Crippen molar-refractivity contribution in [3.05, 3.63) is 35.9 Å². The number of hydrogen-bond acceptors (Lipinski definition) is 4. The molecule has 2 aliphatic heterocycles. The summed E-state index contributed by atoms with van der Waals surface area (Å²) in [5.41, 5.74) is 1.20. The zero-order valence-electron chi connectivity index (χ0n) is 11.1. The van der Waals surface area contributed by atoms with Crippen LogP contribution in [0.15, 0.2) is 30.3 Å². The first-order valence-corrected chi connectivity index (χ1v) is 9.56. The molecule has 2 atom stereocenters. The summed E-state index contributed by atoms with van der Waals surface area (Å²) in [4.78, 5) is 13.9. The summed E-state index contributed by atoms with van der Waals surface area (Å²) in [5.74, 6) is 1.48. The van der Waals surface area contributed by atoms with Crippen molar-refractivity contribution >= 4 is 27.5 Å². The second kappa shape index (κ2) is 5.41. The second-order valence-corrected chi connectivity index (χ2v) is 8.68. The number of amides is 1. The van der Waals surface area contributed by atoms with Crippen LogP contribution in [0.25, 0.3) is 0 Å². The highest BCUT2D eigenvalue weighted by Gasteiger charge is 2.49. The minimum absolute atomic E-state index is 0.0742. The third-order valence-electron chi connectivity index (χ3n) is 3.97. The molecular weight excluding hydrogens is 294 g/mol. The molecule has 0 N–H and O–H groups in total. The SMILES string of the molecule is O=C(CSCc1ccccc1)N1CC2CC1CS2(=O)=O. The van der Waals surface area contributed by atoms with Gasteiger partial charge in [0.15, 0.2) is 9.84 Å². The van der Waals surface area contributed by atoms with Gasteiger partial charge < -0.3 is 4.90 Å². The van der Waals surface area contributed by atoms with Gasteiger partial charge in [0, 0.05) is 18.3 Å². The average Bonchev–Trinajstić information content (AvgIpc) is 2.95. The molecule has 3 rings (SSSR count). The molecule has 0 spiro atoms. The molecule has 1 aromatic carbocycles. The van der Waals surface area contributed by atoms with Crippen LogP contribution in [0.2, 0.25) is 0 Å². The van der Waals surface area contributed by atoms with Crippen LogP contribution in [0.1, 0.15) is 12.0 Å². The maximum Gasteiger partial charge on any atom is 0.232 e. The van der Waals surface area contributed by atoms with Crippen LogP contribution in [-0.4, -0.2) is 48.6 Å². The number of nitrogens with zero attached hydrogens (tertiary/aromatic N) is 1. The van der Waals surface area contributed by atoms with Gasteiger partial charge in [-0.15, -0.1) is 11.8 Å². The number of hydrogen-bond donors (Lipinski definition) is 0. The highest BCUT2D eigenvalue weighted by Crippen LogP contribution is 2.33. The molecule has 0 aliphatic carbocycles. The molecule has 0 aromatic heterocycles. The monoisotopic (exact) mass is 311 g/mol. The Kier molecular flexibility index (Phi) is 3.77. The van der Waals surface area contributed by atoms with Crippen LogP contribution in [0.5, 0.6) is 0 Å². The van der Waals surface area contributed by atoms with Gasteiger partial charge in [-0.1, -0.05) is 30.3 Å². The Hall–Kier alpha value is -1.01. The van der Waals surface area contributed by atoms with Gasteiger partial charge in [-0.3, -0.25) is 4.79 Å². The third-order valence-corrected chi connectivity index (χ3v) is 7.16. The van der Waals surface area contributed by atoms with Crippen LogP contribution in [0.3, 0.4) is 0 Å². The van der Waals surface area contributed by atoms with Gasteiger partial charge in [-0.05, 0) is 12.0 Å². The van der Waals surface area contributed by atoms with Gasteiger partial charge in [-0.25, -0.2) is 8.42 Å². The van der Waals surface area contributed by atoms with Gasteiger partial charge in [0.1, 0.15) is 0 Å². The summed E-state index contributed by atoms with van der Waals surface area (Å²) in [5, 5.41) is -0.310. The van der Waals surface area contributed by atoms with E-state index in [0.717, 1.165) is 5.75 Å². The van der Waals surface area contributed by atoms with Crippen LogP contribution in [0, 0.1) is 0 Å². The van der Waals surface area contributed by atoms with E-state index >= 15 is 0 Å². The number of benzene rings is 1. The predicted octanol–water partition coefficient (Wildman–Crippen LogP) is 1.32. The molecule has 0 radical (unpaired) electrons.